The Bertz CT molecular complexity index is 371. The van der Waals surface area contributed by atoms with Gasteiger partial charge in [-0.3, -0.25) is 4.79 Å². The Morgan fingerprint density at radius 2 is 2.44 bits per heavy atom. The molecular weight excluding hydrogens is 206 g/mol. The van der Waals surface area contributed by atoms with E-state index in [4.69, 9.17) is 4.52 Å². The number of aryl methyl sites for hydroxylation is 1. The van der Waals surface area contributed by atoms with Crippen LogP contribution in [-0.2, 0) is 4.79 Å². The Morgan fingerprint density at radius 1 is 1.69 bits per heavy atom. The van der Waals surface area contributed by atoms with Gasteiger partial charge in [-0.25, -0.2) is 0 Å². The summed E-state index contributed by atoms with van der Waals surface area (Å²) < 4.78 is 4.86. The fourth-order valence-corrected chi connectivity index (χ4v) is 1.61. The van der Waals surface area contributed by atoms with Gasteiger partial charge in [-0.2, -0.15) is 0 Å². The molecule has 0 radical (unpaired) electrons. The summed E-state index contributed by atoms with van der Waals surface area (Å²) in [6, 6.07) is 2.54. The molecule has 1 aromatic rings. The molecule has 1 heterocycles. The van der Waals surface area contributed by atoms with Gasteiger partial charge in [0.05, 0.1) is 0 Å². The van der Waals surface area contributed by atoms with Gasteiger partial charge in [-0.15, -0.1) is 0 Å². The first-order valence-corrected chi connectivity index (χ1v) is 5.62. The van der Waals surface area contributed by atoms with Crippen molar-refractivity contribution in [1.29, 1.82) is 0 Å². The lowest BCUT2D eigenvalue weighted by molar-refractivity contribution is -0.116. The van der Waals surface area contributed by atoms with Crippen LogP contribution in [-0.4, -0.2) is 23.1 Å². The van der Waals surface area contributed by atoms with Crippen LogP contribution in [0.4, 0.5) is 5.82 Å². The zero-order valence-electron chi connectivity index (χ0n) is 9.62. The number of anilines is 1. The number of nitrogens with zero attached hydrogens (tertiary/aromatic N) is 1. The van der Waals surface area contributed by atoms with Gasteiger partial charge in [0.1, 0.15) is 5.76 Å². The molecule has 1 saturated carbocycles. The van der Waals surface area contributed by atoms with Gasteiger partial charge in [0, 0.05) is 24.6 Å². The van der Waals surface area contributed by atoms with Crippen molar-refractivity contribution in [2.24, 2.45) is 0 Å². The largest absolute Gasteiger partial charge is 0.360 e. The van der Waals surface area contributed by atoms with E-state index >= 15 is 0 Å². The van der Waals surface area contributed by atoms with Crippen molar-refractivity contribution in [3.05, 3.63) is 11.8 Å². The van der Waals surface area contributed by atoms with Gasteiger partial charge < -0.3 is 15.2 Å². The summed E-state index contributed by atoms with van der Waals surface area (Å²) in [5, 5.41) is 9.78. The molecule has 1 fully saturated rings. The molecule has 0 aliphatic heterocycles. The smallest absolute Gasteiger partial charge is 0.227 e. The van der Waals surface area contributed by atoms with Gasteiger partial charge >= 0.3 is 0 Å². The molecule has 2 N–H and O–H groups in total. The van der Waals surface area contributed by atoms with E-state index in [9.17, 15) is 4.79 Å². The molecule has 2 rings (SSSR count). The molecule has 1 aliphatic carbocycles. The Labute approximate surface area is 94.6 Å². The maximum atomic E-state index is 11.6. The van der Waals surface area contributed by atoms with Crippen molar-refractivity contribution in [1.82, 2.24) is 10.5 Å². The van der Waals surface area contributed by atoms with E-state index in [1.54, 1.807) is 13.0 Å². The number of carbonyl (C=O) groups is 1. The highest BCUT2D eigenvalue weighted by molar-refractivity contribution is 5.90. The third kappa shape index (κ3) is 3.34. The van der Waals surface area contributed by atoms with Crippen LogP contribution in [0.1, 0.15) is 31.9 Å². The van der Waals surface area contributed by atoms with Crippen LogP contribution in [0.3, 0.4) is 0 Å². The first-order valence-electron chi connectivity index (χ1n) is 5.62. The van der Waals surface area contributed by atoms with Crippen LogP contribution in [0, 0.1) is 6.92 Å². The van der Waals surface area contributed by atoms with Gasteiger partial charge in [-0.05, 0) is 26.7 Å². The number of hydrogen-bond acceptors (Lipinski definition) is 4. The van der Waals surface area contributed by atoms with Crippen LogP contribution in [0.25, 0.3) is 0 Å². The van der Waals surface area contributed by atoms with Gasteiger partial charge in [-0.1, -0.05) is 5.16 Å². The van der Waals surface area contributed by atoms with Gasteiger partial charge in [0.2, 0.25) is 5.91 Å². The SMILES string of the molecule is Cc1cc(NC(=O)CC(C)NC2CC2)no1. The van der Waals surface area contributed by atoms with E-state index in [0.29, 0.717) is 24.0 Å². The van der Waals surface area contributed by atoms with Crippen molar-refractivity contribution in [3.8, 4) is 0 Å². The minimum atomic E-state index is -0.0334. The van der Waals surface area contributed by atoms with Crippen molar-refractivity contribution in [2.75, 3.05) is 5.32 Å². The van der Waals surface area contributed by atoms with E-state index in [-0.39, 0.29) is 11.9 Å². The molecular formula is C11H17N3O2. The molecule has 0 saturated heterocycles. The predicted molar refractivity (Wildman–Crippen MR) is 60.1 cm³/mol. The van der Waals surface area contributed by atoms with Crippen LogP contribution in [0.5, 0.6) is 0 Å². The molecule has 1 aromatic heterocycles. The minimum absolute atomic E-state index is 0.0334. The number of hydrogen-bond donors (Lipinski definition) is 2. The van der Waals surface area contributed by atoms with E-state index in [1.807, 2.05) is 6.92 Å². The third-order valence-electron chi connectivity index (χ3n) is 2.48. The maximum Gasteiger partial charge on any atom is 0.227 e. The normalized spacial score (nSPS) is 17.1. The lowest BCUT2D eigenvalue weighted by Gasteiger charge is -2.11. The lowest BCUT2D eigenvalue weighted by Crippen LogP contribution is -2.32. The number of amides is 1. The monoisotopic (exact) mass is 223 g/mol. The standard InChI is InChI=1S/C11H17N3O2/c1-7(12-9-3-4-9)5-11(15)13-10-6-8(2)16-14-10/h6-7,9,12H,3-5H2,1-2H3,(H,13,14,15). The van der Waals surface area contributed by atoms with E-state index in [1.165, 1.54) is 12.8 Å². The molecule has 88 valence electrons. The molecule has 16 heavy (non-hydrogen) atoms. The van der Waals surface area contributed by atoms with E-state index < -0.39 is 0 Å². The first-order chi connectivity index (χ1) is 7.63. The summed E-state index contributed by atoms with van der Waals surface area (Å²) in [4.78, 5) is 11.6. The lowest BCUT2D eigenvalue weighted by atomic mass is 10.2. The van der Waals surface area contributed by atoms with Crippen LogP contribution in [0.2, 0.25) is 0 Å². The summed E-state index contributed by atoms with van der Waals surface area (Å²) in [5.74, 6) is 1.15. The summed E-state index contributed by atoms with van der Waals surface area (Å²) in [6.07, 6.45) is 2.92. The highest BCUT2D eigenvalue weighted by atomic mass is 16.5. The molecule has 5 nitrogen and oxygen atoms in total. The first kappa shape index (κ1) is 11.1. The molecule has 0 spiro atoms. The zero-order chi connectivity index (χ0) is 11.5. The molecule has 1 aliphatic rings. The topological polar surface area (TPSA) is 67.2 Å². The fraction of sp³-hybridized carbons (Fsp3) is 0.636. The van der Waals surface area contributed by atoms with Crippen molar-refractivity contribution in [3.63, 3.8) is 0 Å². The van der Waals surface area contributed by atoms with E-state index in [2.05, 4.69) is 15.8 Å². The Hall–Kier alpha value is -1.36. The summed E-state index contributed by atoms with van der Waals surface area (Å²) in [7, 11) is 0. The third-order valence-corrected chi connectivity index (χ3v) is 2.48. The minimum Gasteiger partial charge on any atom is -0.360 e. The van der Waals surface area contributed by atoms with Crippen molar-refractivity contribution < 1.29 is 9.32 Å². The van der Waals surface area contributed by atoms with Gasteiger partial charge in [0.15, 0.2) is 5.82 Å². The van der Waals surface area contributed by atoms with Gasteiger partial charge in [0.25, 0.3) is 0 Å². The zero-order valence-corrected chi connectivity index (χ0v) is 9.62. The number of aromatic nitrogens is 1. The molecule has 1 amide bonds. The Morgan fingerprint density at radius 3 is 3.00 bits per heavy atom. The maximum absolute atomic E-state index is 11.6. The average molecular weight is 223 g/mol. The number of carbonyl (C=O) groups excluding carboxylic acids is 1. The molecule has 0 bridgehead atoms. The molecule has 0 aromatic carbocycles. The quantitative estimate of drug-likeness (QED) is 0.793. The second-order valence-electron chi connectivity index (χ2n) is 4.42. The number of rotatable bonds is 5. The average Bonchev–Trinajstić information content (AvgIpc) is 2.89. The van der Waals surface area contributed by atoms with Crippen molar-refractivity contribution in [2.45, 2.75) is 45.2 Å². The van der Waals surface area contributed by atoms with Crippen LogP contribution < -0.4 is 10.6 Å². The fourth-order valence-electron chi connectivity index (χ4n) is 1.61. The molecule has 1 atom stereocenters. The summed E-state index contributed by atoms with van der Waals surface area (Å²) in [5.41, 5.74) is 0. The van der Waals surface area contributed by atoms with Crippen molar-refractivity contribution >= 4 is 11.7 Å². The second-order valence-corrected chi connectivity index (χ2v) is 4.42. The molecule has 1 unspecified atom stereocenters. The highest BCUT2D eigenvalue weighted by Gasteiger charge is 2.23. The molecule has 5 heteroatoms. The van der Waals surface area contributed by atoms with E-state index in [0.717, 1.165) is 0 Å². The summed E-state index contributed by atoms with van der Waals surface area (Å²) >= 11 is 0. The Kier molecular flexibility index (Phi) is 3.24. The number of nitrogens with one attached hydrogen (secondary N) is 2. The second kappa shape index (κ2) is 4.65. The predicted octanol–water partition coefficient (Wildman–Crippen LogP) is 1.45. The summed E-state index contributed by atoms with van der Waals surface area (Å²) in [6.45, 7) is 3.81. The highest BCUT2D eigenvalue weighted by Crippen LogP contribution is 2.19. The van der Waals surface area contributed by atoms with Crippen LogP contribution >= 0.6 is 0 Å². The Balaban J connectivity index is 1.74. The van der Waals surface area contributed by atoms with Crippen LogP contribution in [0.15, 0.2) is 10.6 Å².